The Labute approximate surface area is 129 Å². The van der Waals surface area contributed by atoms with Crippen LogP contribution in [0.25, 0.3) is 0 Å². The lowest BCUT2D eigenvalue weighted by Gasteiger charge is -2.24. The smallest absolute Gasteiger partial charge is 0.317 e. The molecule has 2 amide bonds. The Morgan fingerprint density at radius 3 is 2.62 bits per heavy atom. The van der Waals surface area contributed by atoms with Crippen molar-refractivity contribution in [2.75, 3.05) is 45.9 Å². The van der Waals surface area contributed by atoms with Gasteiger partial charge in [-0.1, -0.05) is 20.8 Å². The van der Waals surface area contributed by atoms with Gasteiger partial charge in [-0.3, -0.25) is 0 Å². The minimum absolute atomic E-state index is 0.0552. The Hall–Kier alpha value is -0.810. The molecule has 0 bridgehead atoms. The molecule has 0 saturated carbocycles. The fraction of sp³-hybridized carbons (Fsp3) is 0.938. The summed E-state index contributed by atoms with van der Waals surface area (Å²) >= 11 is 0. The summed E-state index contributed by atoms with van der Waals surface area (Å²) in [5.74, 6) is 0.966. The lowest BCUT2D eigenvalue weighted by atomic mass is 9.94. The number of hydrogen-bond donors (Lipinski definition) is 2. The molecule has 0 aliphatic carbocycles. The van der Waals surface area contributed by atoms with Crippen LogP contribution in [-0.4, -0.2) is 66.8 Å². The molecule has 0 aromatic carbocycles. The van der Waals surface area contributed by atoms with E-state index < -0.39 is 0 Å². The molecule has 1 aliphatic rings. The maximum absolute atomic E-state index is 12.3. The number of carbonyl (C=O) groups is 1. The molecule has 1 rings (SSSR count). The Morgan fingerprint density at radius 1 is 1.24 bits per heavy atom. The number of nitrogens with zero attached hydrogens (tertiary/aromatic N) is 2. The van der Waals surface area contributed by atoms with Crippen LogP contribution in [0.4, 0.5) is 4.79 Å². The molecule has 1 atom stereocenters. The quantitative estimate of drug-likeness (QED) is 0.753. The van der Waals surface area contributed by atoms with Gasteiger partial charge in [0, 0.05) is 32.8 Å². The van der Waals surface area contributed by atoms with Crippen molar-refractivity contribution in [3.8, 4) is 0 Å². The van der Waals surface area contributed by atoms with Gasteiger partial charge in [0.2, 0.25) is 0 Å². The van der Waals surface area contributed by atoms with Crippen molar-refractivity contribution < 1.29 is 9.90 Å². The Morgan fingerprint density at radius 2 is 2.00 bits per heavy atom. The van der Waals surface area contributed by atoms with Crippen LogP contribution in [0.1, 0.15) is 40.0 Å². The highest BCUT2D eigenvalue weighted by atomic mass is 16.3. The van der Waals surface area contributed by atoms with E-state index >= 15 is 0 Å². The summed E-state index contributed by atoms with van der Waals surface area (Å²) in [5.41, 5.74) is 0. The fourth-order valence-corrected chi connectivity index (χ4v) is 2.99. The molecule has 0 aromatic heterocycles. The van der Waals surface area contributed by atoms with Gasteiger partial charge < -0.3 is 20.2 Å². The molecule has 124 valence electrons. The van der Waals surface area contributed by atoms with Crippen LogP contribution in [-0.2, 0) is 0 Å². The number of urea groups is 1. The Balaban J connectivity index is 2.37. The van der Waals surface area contributed by atoms with E-state index in [0.29, 0.717) is 18.4 Å². The van der Waals surface area contributed by atoms with Crippen LogP contribution < -0.4 is 5.32 Å². The average Bonchev–Trinajstić information content (AvgIpc) is 2.69. The van der Waals surface area contributed by atoms with Crippen molar-refractivity contribution in [2.45, 2.75) is 40.0 Å². The molecule has 0 radical (unpaired) electrons. The number of aliphatic hydroxyl groups excluding tert-OH is 1. The Kier molecular flexibility index (Phi) is 8.69. The number of likely N-dealkylation sites (N-methyl/N-ethyl adjacent to an activating group) is 1. The Bertz CT molecular complexity index is 297. The van der Waals surface area contributed by atoms with Crippen molar-refractivity contribution in [1.29, 1.82) is 0 Å². The third-order valence-corrected chi connectivity index (χ3v) is 4.21. The second kappa shape index (κ2) is 10.0. The predicted molar refractivity (Wildman–Crippen MR) is 86.4 cm³/mol. The molecule has 21 heavy (non-hydrogen) atoms. The highest BCUT2D eigenvalue weighted by molar-refractivity contribution is 5.74. The van der Waals surface area contributed by atoms with E-state index in [4.69, 9.17) is 5.11 Å². The van der Waals surface area contributed by atoms with Crippen LogP contribution in [0.15, 0.2) is 0 Å². The fourth-order valence-electron chi connectivity index (χ4n) is 2.99. The number of hydrogen-bond acceptors (Lipinski definition) is 3. The summed E-state index contributed by atoms with van der Waals surface area (Å²) in [6, 6.07) is 0.0552. The molecule has 1 aliphatic heterocycles. The van der Waals surface area contributed by atoms with Crippen LogP contribution in [0.5, 0.6) is 0 Å². The van der Waals surface area contributed by atoms with Gasteiger partial charge in [-0.25, -0.2) is 4.79 Å². The second-order valence-electron chi connectivity index (χ2n) is 6.47. The van der Waals surface area contributed by atoms with Crippen molar-refractivity contribution in [3.63, 3.8) is 0 Å². The predicted octanol–water partition coefficient (Wildman–Crippen LogP) is 1.77. The van der Waals surface area contributed by atoms with Gasteiger partial charge in [0.15, 0.2) is 0 Å². The van der Waals surface area contributed by atoms with Crippen molar-refractivity contribution in [1.82, 2.24) is 15.1 Å². The van der Waals surface area contributed by atoms with Crippen molar-refractivity contribution >= 4 is 6.03 Å². The largest absolute Gasteiger partial charge is 0.396 e. The standard InChI is InChI=1S/C16H33N3O2/c1-4-18-7-5-8-19(10-9-18)16(21)17-13-15(6-11-20)12-14(2)3/h14-15,20H,4-13H2,1-3H3,(H,17,21). The molecule has 5 heteroatoms. The van der Waals surface area contributed by atoms with Gasteiger partial charge in [0.05, 0.1) is 0 Å². The molecular weight excluding hydrogens is 266 g/mol. The third-order valence-electron chi connectivity index (χ3n) is 4.21. The minimum atomic E-state index is 0.0552. The van der Waals surface area contributed by atoms with Crippen LogP contribution in [0, 0.1) is 11.8 Å². The maximum atomic E-state index is 12.3. The summed E-state index contributed by atoms with van der Waals surface area (Å²) in [7, 11) is 0. The number of rotatable bonds is 7. The molecule has 0 aromatic rings. The van der Waals surface area contributed by atoms with Crippen LogP contribution >= 0.6 is 0 Å². The zero-order valence-electron chi connectivity index (χ0n) is 14.0. The first-order chi connectivity index (χ1) is 10.1. The number of amides is 2. The molecule has 2 N–H and O–H groups in total. The normalized spacial score (nSPS) is 18.6. The topological polar surface area (TPSA) is 55.8 Å². The zero-order chi connectivity index (χ0) is 15.7. The number of aliphatic hydroxyl groups is 1. The van der Waals surface area contributed by atoms with Crippen LogP contribution in [0.3, 0.4) is 0 Å². The third kappa shape index (κ3) is 7.14. The van der Waals surface area contributed by atoms with E-state index in [1.54, 1.807) is 0 Å². The summed E-state index contributed by atoms with van der Waals surface area (Å²) < 4.78 is 0. The summed E-state index contributed by atoms with van der Waals surface area (Å²) in [6.45, 7) is 12.2. The van der Waals surface area contributed by atoms with Gasteiger partial charge in [0.1, 0.15) is 0 Å². The van der Waals surface area contributed by atoms with Crippen molar-refractivity contribution in [3.05, 3.63) is 0 Å². The molecule has 1 saturated heterocycles. The lowest BCUT2D eigenvalue weighted by molar-refractivity contribution is 0.191. The highest BCUT2D eigenvalue weighted by Crippen LogP contribution is 2.14. The maximum Gasteiger partial charge on any atom is 0.317 e. The number of nitrogens with one attached hydrogen (secondary N) is 1. The molecule has 1 unspecified atom stereocenters. The van der Waals surface area contributed by atoms with Gasteiger partial charge >= 0.3 is 6.03 Å². The van der Waals surface area contributed by atoms with E-state index in [2.05, 4.69) is 31.0 Å². The van der Waals surface area contributed by atoms with E-state index in [-0.39, 0.29) is 12.6 Å². The molecule has 0 spiro atoms. The zero-order valence-corrected chi connectivity index (χ0v) is 14.0. The van der Waals surface area contributed by atoms with Gasteiger partial charge in [0.25, 0.3) is 0 Å². The molecule has 1 heterocycles. The van der Waals surface area contributed by atoms with E-state index in [1.165, 1.54) is 0 Å². The first-order valence-corrected chi connectivity index (χ1v) is 8.42. The van der Waals surface area contributed by atoms with E-state index in [0.717, 1.165) is 52.0 Å². The lowest BCUT2D eigenvalue weighted by Crippen LogP contribution is -2.43. The monoisotopic (exact) mass is 299 g/mol. The van der Waals surface area contributed by atoms with Gasteiger partial charge in [-0.15, -0.1) is 0 Å². The second-order valence-corrected chi connectivity index (χ2v) is 6.47. The summed E-state index contributed by atoms with van der Waals surface area (Å²) in [6.07, 6.45) is 2.86. The first-order valence-electron chi connectivity index (χ1n) is 8.42. The number of carbonyl (C=O) groups excluding carboxylic acids is 1. The van der Waals surface area contributed by atoms with E-state index in [9.17, 15) is 4.79 Å². The highest BCUT2D eigenvalue weighted by Gasteiger charge is 2.19. The first kappa shape index (κ1) is 18.2. The minimum Gasteiger partial charge on any atom is -0.396 e. The van der Waals surface area contributed by atoms with Crippen LogP contribution in [0.2, 0.25) is 0 Å². The van der Waals surface area contributed by atoms with Crippen molar-refractivity contribution in [2.24, 2.45) is 11.8 Å². The molecule has 5 nitrogen and oxygen atoms in total. The van der Waals surface area contributed by atoms with E-state index in [1.807, 2.05) is 4.90 Å². The molecule has 1 fully saturated rings. The molecular formula is C16H33N3O2. The van der Waals surface area contributed by atoms with Gasteiger partial charge in [-0.2, -0.15) is 0 Å². The summed E-state index contributed by atoms with van der Waals surface area (Å²) in [5, 5.41) is 12.2. The van der Waals surface area contributed by atoms with Gasteiger partial charge in [-0.05, 0) is 44.2 Å². The summed E-state index contributed by atoms with van der Waals surface area (Å²) in [4.78, 5) is 16.6. The average molecular weight is 299 g/mol. The SMILES string of the molecule is CCN1CCCN(C(=O)NCC(CCO)CC(C)C)CC1.